The summed E-state index contributed by atoms with van der Waals surface area (Å²) in [4.78, 5) is 0. The molecule has 184 valence electrons. The van der Waals surface area contributed by atoms with Crippen LogP contribution in [0.15, 0.2) is 133 Å². The molecule has 0 radical (unpaired) electrons. The molecule has 1 heterocycles. The molecule has 0 atom stereocenters. The first-order valence-corrected chi connectivity index (χ1v) is 13.7. The van der Waals surface area contributed by atoms with Crippen molar-refractivity contribution in [1.82, 2.24) is 4.57 Å². The lowest BCUT2D eigenvalue weighted by molar-refractivity contribution is 1.18. The van der Waals surface area contributed by atoms with Crippen LogP contribution in [0.4, 0.5) is 0 Å². The molecule has 0 fully saturated rings. The number of nitrogens with zero attached hydrogens (tertiary/aromatic N) is 1. The number of para-hydroxylation sites is 2. The van der Waals surface area contributed by atoms with Crippen LogP contribution in [-0.2, 0) is 6.42 Å². The molecule has 0 bridgehead atoms. The first kappa shape index (κ1) is 22.1. The van der Waals surface area contributed by atoms with Crippen LogP contribution in [0.1, 0.15) is 16.7 Å². The van der Waals surface area contributed by atoms with Gasteiger partial charge >= 0.3 is 0 Å². The molecule has 0 saturated heterocycles. The molecular formula is C38H27N. The van der Waals surface area contributed by atoms with Gasteiger partial charge in [-0.05, 0) is 87.7 Å². The molecule has 1 aliphatic rings. The molecule has 0 amide bonds. The molecule has 6 aromatic carbocycles. The molecule has 0 N–H and O–H groups in total. The van der Waals surface area contributed by atoms with Gasteiger partial charge in [-0.1, -0.05) is 109 Å². The summed E-state index contributed by atoms with van der Waals surface area (Å²) >= 11 is 0. The van der Waals surface area contributed by atoms with Gasteiger partial charge < -0.3 is 4.57 Å². The molecular weight excluding hydrogens is 470 g/mol. The average Bonchev–Trinajstić information content (AvgIpc) is 3.53. The summed E-state index contributed by atoms with van der Waals surface area (Å²) in [5.41, 5.74) is 15.9. The Bertz CT molecular complexity index is 2030. The summed E-state index contributed by atoms with van der Waals surface area (Å²) < 4.78 is 2.41. The summed E-state index contributed by atoms with van der Waals surface area (Å²) in [5.74, 6) is 0. The monoisotopic (exact) mass is 497 g/mol. The summed E-state index contributed by atoms with van der Waals surface area (Å²) in [6.45, 7) is 2.22. The predicted octanol–water partition coefficient (Wildman–Crippen LogP) is 10.00. The molecule has 39 heavy (non-hydrogen) atoms. The number of aryl methyl sites for hydroxylation is 1. The van der Waals surface area contributed by atoms with E-state index in [2.05, 4.69) is 145 Å². The first-order valence-electron chi connectivity index (χ1n) is 13.7. The maximum absolute atomic E-state index is 2.41. The zero-order chi connectivity index (χ0) is 25.9. The van der Waals surface area contributed by atoms with Crippen LogP contribution in [0.5, 0.6) is 0 Å². The zero-order valence-electron chi connectivity index (χ0n) is 21.9. The van der Waals surface area contributed by atoms with Gasteiger partial charge in [0.05, 0.1) is 11.0 Å². The third-order valence-electron chi connectivity index (χ3n) is 8.30. The highest BCUT2D eigenvalue weighted by Gasteiger charge is 2.26. The van der Waals surface area contributed by atoms with Crippen molar-refractivity contribution in [3.63, 3.8) is 0 Å². The lowest BCUT2D eigenvalue weighted by atomic mass is 9.92. The van der Waals surface area contributed by atoms with Crippen LogP contribution >= 0.6 is 0 Å². The Hall–Kier alpha value is -4.88. The summed E-state index contributed by atoms with van der Waals surface area (Å²) in [7, 11) is 0. The Kier molecular flexibility index (Phi) is 4.87. The van der Waals surface area contributed by atoms with Crippen molar-refractivity contribution >= 4 is 21.8 Å². The fraction of sp³-hybridized carbons (Fsp3) is 0.0526. The zero-order valence-corrected chi connectivity index (χ0v) is 21.9. The highest BCUT2D eigenvalue weighted by molar-refractivity contribution is 6.16. The molecule has 0 saturated carbocycles. The SMILES string of the molecule is Cc1cc(-c2ccccc2)c2c(c1)-c1cccc(-c3cccc4c3c3ccccc3n4-c3ccccc3)c1C2. The van der Waals surface area contributed by atoms with E-state index >= 15 is 0 Å². The third kappa shape index (κ3) is 3.33. The second-order valence-electron chi connectivity index (χ2n) is 10.6. The maximum Gasteiger partial charge on any atom is 0.0547 e. The molecule has 1 nitrogen and oxygen atoms in total. The Balaban J connectivity index is 1.39. The van der Waals surface area contributed by atoms with E-state index in [1.54, 1.807) is 0 Å². The van der Waals surface area contributed by atoms with Gasteiger partial charge in [-0.3, -0.25) is 0 Å². The van der Waals surface area contributed by atoms with Crippen molar-refractivity contribution in [3.8, 4) is 39.1 Å². The van der Waals surface area contributed by atoms with Gasteiger partial charge in [0.15, 0.2) is 0 Å². The number of hydrogen-bond acceptors (Lipinski definition) is 0. The second kappa shape index (κ2) is 8.58. The number of fused-ring (bicyclic) bond motifs is 6. The van der Waals surface area contributed by atoms with E-state index in [0.717, 1.165) is 6.42 Å². The van der Waals surface area contributed by atoms with Crippen LogP contribution < -0.4 is 0 Å². The molecule has 0 aliphatic heterocycles. The molecule has 8 rings (SSSR count). The number of rotatable bonds is 3. The predicted molar refractivity (Wildman–Crippen MR) is 165 cm³/mol. The Morgan fingerprint density at radius 3 is 1.90 bits per heavy atom. The van der Waals surface area contributed by atoms with Crippen LogP contribution in [0.25, 0.3) is 60.9 Å². The fourth-order valence-corrected chi connectivity index (χ4v) is 6.68. The van der Waals surface area contributed by atoms with Crippen molar-refractivity contribution in [2.24, 2.45) is 0 Å². The van der Waals surface area contributed by atoms with Gasteiger partial charge in [-0.2, -0.15) is 0 Å². The van der Waals surface area contributed by atoms with Crippen LogP contribution in [0.3, 0.4) is 0 Å². The molecule has 7 aromatic rings. The number of hydrogen-bond donors (Lipinski definition) is 0. The van der Waals surface area contributed by atoms with Gasteiger partial charge in [0.1, 0.15) is 0 Å². The van der Waals surface area contributed by atoms with Crippen molar-refractivity contribution in [2.75, 3.05) is 0 Å². The van der Waals surface area contributed by atoms with Gasteiger partial charge in [0.2, 0.25) is 0 Å². The summed E-state index contributed by atoms with van der Waals surface area (Å²) in [6, 6.07) is 48.8. The molecule has 0 spiro atoms. The van der Waals surface area contributed by atoms with Gasteiger partial charge in [-0.15, -0.1) is 0 Å². The van der Waals surface area contributed by atoms with Crippen LogP contribution in [-0.4, -0.2) is 4.57 Å². The molecule has 1 aliphatic carbocycles. The van der Waals surface area contributed by atoms with E-state index < -0.39 is 0 Å². The Morgan fingerprint density at radius 1 is 0.487 bits per heavy atom. The minimum absolute atomic E-state index is 0.944. The average molecular weight is 498 g/mol. The topological polar surface area (TPSA) is 4.93 Å². The highest BCUT2D eigenvalue weighted by atomic mass is 15.0. The van der Waals surface area contributed by atoms with E-state index in [1.807, 2.05) is 0 Å². The normalized spacial score (nSPS) is 12.1. The smallest absolute Gasteiger partial charge is 0.0547 e. The van der Waals surface area contributed by atoms with Gasteiger partial charge in [0.25, 0.3) is 0 Å². The van der Waals surface area contributed by atoms with Crippen LogP contribution in [0.2, 0.25) is 0 Å². The Morgan fingerprint density at radius 2 is 1.08 bits per heavy atom. The number of benzene rings is 6. The largest absolute Gasteiger partial charge is 0.309 e. The third-order valence-corrected chi connectivity index (χ3v) is 8.30. The summed E-state index contributed by atoms with van der Waals surface area (Å²) in [6.07, 6.45) is 0.944. The molecule has 1 aromatic heterocycles. The lowest BCUT2D eigenvalue weighted by Crippen LogP contribution is -1.93. The van der Waals surface area contributed by atoms with E-state index in [4.69, 9.17) is 0 Å². The lowest BCUT2D eigenvalue weighted by Gasteiger charge is -2.12. The van der Waals surface area contributed by atoms with Crippen molar-refractivity contribution in [3.05, 3.63) is 150 Å². The summed E-state index contributed by atoms with van der Waals surface area (Å²) in [5, 5.41) is 2.61. The molecule has 0 unspecified atom stereocenters. The van der Waals surface area contributed by atoms with Crippen molar-refractivity contribution in [2.45, 2.75) is 13.3 Å². The van der Waals surface area contributed by atoms with E-state index in [0.29, 0.717) is 0 Å². The first-order chi connectivity index (χ1) is 19.3. The Labute approximate surface area is 228 Å². The van der Waals surface area contributed by atoms with E-state index in [1.165, 1.54) is 77.6 Å². The van der Waals surface area contributed by atoms with Crippen LogP contribution in [0, 0.1) is 6.92 Å². The second-order valence-corrected chi connectivity index (χ2v) is 10.6. The fourth-order valence-electron chi connectivity index (χ4n) is 6.68. The highest BCUT2D eigenvalue weighted by Crippen LogP contribution is 2.47. The number of aromatic nitrogens is 1. The standard InChI is InChI=1S/C38H27N/c1-25-22-32(26-12-4-2-5-13-26)35-24-34-28(17-10-18-29(34)33(35)23-25)30-19-11-21-37-38(30)31-16-8-9-20-36(31)39(37)27-14-6-3-7-15-27/h2-23H,24H2,1H3. The van der Waals surface area contributed by atoms with E-state index in [-0.39, 0.29) is 0 Å². The van der Waals surface area contributed by atoms with E-state index in [9.17, 15) is 0 Å². The minimum atomic E-state index is 0.944. The quantitative estimate of drug-likeness (QED) is 0.229. The van der Waals surface area contributed by atoms with Gasteiger partial charge in [-0.25, -0.2) is 0 Å². The van der Waals surface area contributed by atoms with Gasteiger partial charge in [0, 0.05) is 16.5 Å². The van der Waals surface area contributed by atoms with Crippen molar-refractivity contribution in [1.29, 1.82) is 0 Å². The minimum Gasteiger partial charge on any atom is -0.309 e. The maximum atomic E-state index is 2.41. The molecule has 1 heteroatoms. The van der Waals surface area contributed by atoms with Crippen molar-refractivity contribution < 1.29 is 0 Å².